The summed E-state index contributed by atoms with van der Waals surface area (Å²) < 4.78 is 22.4. The van der Waals surface area contributed by atoms with Gasteiger partial charge >= 0.3 is 0 Å². The van der Waals surface area contributed by atoms with E-state index in [2.05, 4.69) is 10.5 Å². The average Bonchev–Trinajstić information content (AvgIpc) is 2.63. The molecule has 0 aliphatic rings. The Morgan fingerprint density at radius 1 is 1.19 bits per heavy atom. The molecule has 0 radical (unpaired) electrons. The highest BCUT2D eigenvalue weighted by molar-refractivity contribution is 7.89. The van der Waals surface area contributed by atoms with Crippen molar-refractivity contribution in [3.8, 4) is 0 Å². The van der Waals surface area contributed by atoms with E-state index in [1.54, 1.807) is 12.1 Å². The van der Waals surface area contributed by atoms with Gasteiger partial charge in [-0.1, -0.05) is 6.07 Å². The van der Waals surface area contributed by atoms with Crippen molar-refractivity contribution in [2.75, 3.05) is 23.4 Å². The summed E-state index contributed by atoms with van der Waals surface area (Å²) in [6.45, 7) is 5.21. The molecular formula is C17H21N5O4S. The number of hydrogen-bond donors (Lipinski definition) is 2. The van der Waals surface area contributed by atoms with Crippen molar-refractivity contribution in [1.29, 1.82) is 0 Å². The van der Waals surface area contributed by atoms with Gasteiger partial charge in [-0.05, 0) is 44.2 Å². The molecule has 144 valence electrons. The minimum Gasteiger partial charge on any atom is -0.367 e. The number of nitro benzene ring substituents is 1. The topological polar surface area (TPSA) is 131 Å². The molecule has 27 heavy (non-hydrogen) atoms. The predicted octanol–water partition coefficient (Wildman–Crippen LogP) is 2.53. The van der Waals surface area contributed by atoms with Crippen molar-refractivity contribution in [2.24, 2.45) is 10.2 Å². The number of nitrogens with one attached hydrogen (secondary N) is 1. The zero-order valence-corrected chi connectivity index (χ0v) is 15.8. The van der Waals surface area contributed by atoms with Gasteiger partial charge in [0, 0.05) is 24.7 Å². The Hall–Kier alpha value is -2.98. The fourth-order valence-corrected chi connectivity index (χ4v) is 3.01. The lowest BCUT2D eigenvalue weighted by molar-refractivity contribution is -0.384. The number of hydrogen-bond acceptors (Lipinski definition) is 7. The maximum atomic E-state index is 11.4. The first kappa shape index (κ1) is 20.3. The summed E-state index contributed by atoms with van der Waals surface area (Å²) in [7, 11) is -3.75. The Kier molecular flexibility index (Phi) is 6.48. The second-order valence-electron chi connectivity index (χ2n) is 5.62. The van der Waals surface area contributed by atoms with Crippen molar-refractivity contribution in [2.45, 2.75) is 18.7 Å². The molecule has 2 aromatic carbocycles. The Bertz CT molecular complexity index is 938. The van der Waals surface area contributed by atoms with E-state index < -0.39 is 14.9 Å². The maximum absolute atomic E-state index is 11.4. The van der Waals surface area contributed by atoms with Crippen LogP contribution in [0.25, 0.3) is 0 Å². The molecule has 2 aromatic rings. The molecule has 0 aliphatic carbocycles. The molecule has 0 amide bonds. The van der Waals surface area contributed by atoms with Gasteiger partial charge in [0.2, 0.25) is 10.0 Å². The van der Waals surface area contributed by atoms with E-state index in [-0.39, 0.29) is 10.6 Å². The van der Waals surface area contributed by atoms with Gasteiger partial charge < -0.3 is 4.90 Å². The molecule has 0 aliphatic heterocycles. The number of nitro groups is 1. The molecule has 10 heteroatoms. The summed E-state index contributed by atoms with van der Waals surface area (Å²) >= 11 is 0. The minimum absolute atomic E-state index is 0.000328. The molecule has 0 saturated carbocycles. The summed E-state index contributed by atoms with van der Waals surface area (Å²) in [4.78, 5) is 12.9. The van der Waals surface area contributed by atoms with Crippen LogP contribution in [-0.4, -0.2) is 32.6 Å². The maximum Gasteiger partial charge on any atom is 0.293 e. The van der Waals surface area contributed by atoms with E-state index in [0.717, 1.165) is 0 Å². The normalized spacial score (nSPS) is 11.5. The number of sulfonamides is 1. The molecular weight excluding hydrogens is 370 g/mol. The first-order valence-corrected chi connectivity index (χ1v) is 9.76. The Morgan fingerprint density at radius 2 is 1.81 bits per heavy atom. The van der Waals surface area contributed by atoms with Crippen LogP contribution in [0, 0.1) is 10.1 Å². The van der Waals surface area contributed by atoms with E-state index in [0.29, 0.717) is 30.0 Å². The van der Waals surface area contributed by atoms with Gasteiger partial charge in [0.1, 0.15) is 5.69 Å². The lowest BCUT2D eigenvalue weighted by Gasteiger charge is -2.20. The second-order valence-corrected chi connectivity index (χ2v) is 7.18. The monoisotopic (exact) mass is 391 g/mol. The van der Waals surface area contributed by atoms with Crippen molar-refractivity contribution < 1.29 is 13.3 Å². The minimum atomic E-state index is -3.75. The zero-order chi connectivity index (χ0) is 20.0. The predicted molar refractivity (Wildman–Crippen MR) is 106 cm³/mol. The molecule has 0 heterocycles. The number of primary sulfonamides is 1. The third-order valence-corrected chi connectivity index (χ3v) is 4.82. The molecule has 0 bridgehead atoms. The van der Waals surface area contributed by atoms with Gasteiger partial charge in [-0.2, -0.15) is 5.10 Å². The number of anilines is 2. The van der Waals surface area contributed by atoms with Gasteiger partial charge in [-0.3, -0.25) is 15.5 Å². The average molecular weight is 391 g/mol. The Labute approximate surface area is 157 Å². The first-order chi connectivity index (χ1) is 12.8. The van der Waals surface area contributed by atoms with Crippen molar-refractivity contribution in [1.82, 2.24) is 0 Å². The number of benzene rings is 2. The van der Waals surface area contributed by atoms with Crippen LogP contribution in [0.2, 0.25) is 0 Å². The Balaban J connectivity index is 2.17. The highest BCUT2D eigenvalue weighted by Gasteiger charge is 2.18. The van der Waals surface area contributed by atoms with Gasteiger partial charge in [-0.25, -0.2) is 13.6 Å². The molecule has 9 nitrogen and oxygen atoms in total. The molecule has 0 spiro atoms. The fourth-order valence-electron chi connectivity index (χ4n) is 2.50. The lowest BCUT2D eigenvalue weighted by Crippen LogP contribution is -2.22. The van der Waals surface area contributed by atoms with Crippen LogP contribution >= 0.6 is 0 Å². The molecule has 3 N–H and O–H groups in total. The molecule has 0 aromatic heterocycles. The van der Waals surface area contributed by atoms with E-state index in [4.69, 9.17) is 5.14 Å². The summed E-state index contributed by atoms with van der Waals surface area (Å²) in [5.41, 5.74) is 4.42. The largest absolute Gasteiger partial charge is 0.367 e. The third kappa shape index (κ3) is 5.25. The van der Waals surface area contributed by atoms with Crippen LogP contribution in [0.1, 0.15) is 19.4 Å². The van der Waals surface area contributed by atoms with Crippen molar-refractivity contribution in [3.05, 3.63) is 58.1 Å². The van der Waals surface area contributed by atoms with Crippen molar-refractivity contribution in [3.63, 3.8) is 0 Å². The number of nitrogens with zero attached hydrogens (tertiary/aromatic N) is 3. The molecule has 0 saturated heterocycles. The third-order valence-electron chi connectivity index (χ3n) is 3.89. The number of nitrogens with two attached hydrogens (primary N) is 1. The molecule has 0 unspecified atom stereocenters. The summed E-state index contributed by atoms with van der Waals surface area (Å²) in [5.74, 6) is 0. The van der Waals surface area contributed by atoms with Crippen LogP contribution in [0.15, 0.2) is 52.5 Å². The van der Waals surface area contributed by atoms with E-state index in [9.17, 15) is 18.5 Å². The lowest BCUT2D eigenvalue weighted by atomic mass is 10.1. The summed E-state index contributed by atoms with van der Waals surface area (Å²) in [6, 6.07) is 10.7. The SMILES string of the molecule is CCN(CC)c1ccc(C=NNc2ccc(S(N)(=O)=O)cc2)cc1[N+](=O)[O-]. The van der Waals surface area contributed by atoms with Gasteiger partial charge in [-0.15, -0.1) is 0 Å². The standard InChI is InChI=1S/C17H21N5O4S/c1-3-21(4-2)16-10-5-13(11-17(16)22(23)24)12-19-20-14-6-8-15(9-7-14)27(18,25)26/h5-12,20H,3-4H2,1-2H3,(H2,18,25,26). The van der Waals surface area contributed by atoms with Crippen LogP contribution in [0.5, 0.6) is 0 Å². The summed E-state index contributed by atoms with van der Waals surface area (Å²) in [6.07, 6.45) is 1.45. The smallest absolute Gasteiger partial charge is 0.293 e. The second kappa shape index (κ2) is 8.60. The van der Waals surface area contributed by atoms with Gasteiger partial charge in [0.25, 0.3) is 5.69 Å². The molecule has 2 rings (SSSR count). The summed E-state index contributed by atoms with van der Waals surface area (Å²) in [5, 5.41) is 20.4. The van der Waals surface area contributed by atoms with E-state index in [1.165, 1.54) is 36.5 Å². The van der Waals surface area contributed by atoms with E-state index >= 15 is 0 Å². The van der Waals surface area contributed by atoms with Gasteiger partial charge in [0.05, 0.1) is 21.7 Å². The van der Waals surface area contributed by atoms with Crippen LogP contribution < -0.4 is 15.5 Å². The number of rotatable bonds is 8. The Morgan fingerprint density at radius 3 is 2.33 bits per heavy atom. The number of hydrazone groups is 1. The highest BCUT2D eigenvalue weighted by atomic mass is 32.2. The first-order valence-electron chi connectivity index (χ1n) is 8.21. The fraction of sp³-hybridized carbons (Fsp3) is 0.235. The molecule has 0 atom stereocenters. The molecule has 0 fully saturated rings. The highest BCUT2D eigenvalue weighted by Crippen LogP contribution is 2.28. The van der Waals surface area contributed by atoms with E-state index in [1.807, 2.05) is 18.7 Å². The van der Waals surface area contributed by atoms with Crippen LogP contribution in [0.4, 0.5) is 17.1 Å². The van der Waals surface area contributed by atoms with Gasteiger partial charge in [0.15, 0.2) is 0 Å². The quantitative estimate of drug-likeness (QED) is 0.404. The van der Waals surface area contributed by atoms with Crippen LogP contribution in [-0.2, 0) is 10.0 Å². The van der Waals surface area contributed by atoms with Crippen molar-refractivity contribution >= 4 is 33.3 Å². The zero-order valence-electron chi connectivity index (χ0n) is 15.0. The van der Waals surface area contributed by atoms with Crippen LogP contribution in [0.3, 0.4) is 0 Å².